The molecule has 0 bridgehead atoms. The molecule has 0 atom stereocenters. The molecule has 4 N–H and O–H groups in total. The highest BCUT2D eigenvalue weighted by Gasteiger charge is 2.22. The van der Waals surface area contributed by atoms with Crippen LogP contribution in [0, 0.1) is 5.95 Å². The van der Waals surface area contributed by atoms with Crippen molar-refractivity contribution in [3.8, 4) is 5.75 Å². The number of aromatic nitrogens is 4. The lowest BCUT2D eigenvalue weighted by atomic mass is 9.98. The number of benzene rings is 1. The Morgan fingerprint density at radius 1 is 1.03 bits per heavy atom. The van der Waals surface area contributed by atoms with Crippen molar-refractivity contribution in [3.05, 3.63) is 54.9 Å². The van der Waals surface area contributed by atoms with Gasteiger partial charge in [-0.15, -0.1) is 6.58 Å². The molecule has 3 aromatic rings. The molecule has 0 aliphatic rings. The van der Waals surface area contributed by atoms with E-state index in [1.165, 1.54) is 18.6 Å². The summed E-state index contributed by atoms with van der Waals surface area (Å²) in [6.07, 6.45) is 4.41. The molecule has 0 radical (unpaired) electrons. The lowest BCUT2D eigenvalue weighted by Crippen LogP contribution is -2.29. The molecule has 0 aliphatic heterocycles. The van der Waals surface area contributed by atoms with E-state index in [2.05, 4.69) is 52.3 Å². The Kier molecular flexibility index (Phi) is 9.37. The van der Waals surface area contributed by atoms with Gasteiger partial charge in [0.15, 0.2) is 0 Å². The van der Waals surface area contributed by atoms with E-state index in [0.717, 1.165) is 24.5 Å². The number of ether oxygens (including phenoxy) is 1. The van der Waals surface area contributed by atoms with Crippen molar-refractivity contribution in [1.82, 2.24) is 24.8 Å². The minimum absolute atomic E-state index is 0.186. The third-order valence-electron chi connectivity index (χ3n) is 5.64. The van der Waals surface area contributed by atoms with Crippen molar-refractivity contribution < 1.29 is 14.2 Å². The largest absolute Gasteiger partial charge is 0.494 e. The first-order valence-electron chi connectivity index (χ1n) is 12.1. The Balaban J connectivity index is 1.91. The van der Waals surface area contributed by atoms with E-state index in [-0.39, 0.29) is 11.9 Å². The van der Waals surface area contributed by atoms with E-state index < -0.39 is 11.5 Å². The SMILES string of the molecule is C=CCNc1cc(Nc2ncnc(Nc3cnc(F)cc3C(C)(C)O)n2)c(OC)cc1N(C)CCN(C)C. The second-order valence-corrected chi connectivity index (χ2v) is 9.46. The Hall–Kier alpha value is -4.03. The first-order valence-corrected chi connectivity index (χ1v) is 12.1. The average Bonchev–Trinajstić information content (AvgIpc) is 2.86. The van der Waals surface area contributed by atoms with Crippen LogP contribution in [-0.2, 0) is 5.60 Å². The maximum absolute atomic E-state index is 13.7. The van der Waals surface area contributed by atoms with Crippen molar-refractivity contribution in [2.24, 2.45) is 0 Å². The van der Waals surface area contributed by atoms with Crippen molar-refractivity contribution in [3.63, 3.8) is 0 Å². The summed E-state index contributed by atoms with van der Waals surface area (Å²) in [4.78, 5) is 20.8. The lowest BCUT2D eigenvalue weighted by Gasteiger charge is -2.26. The van der Waals surface area contributed by atoms with Crippen LogP contribution in [0.4, 0.5) is 39.0 Å². The molecule has 0 spiro atoms. The zero-order valence-electron chi connectivity index (χ0n) is 22.7. The van der Waals surface area contributed by atoms with Gasteiger partial charge in [-0.3, -0.25) is 0 Å². The van der Waals surface area contributed by atoms with Gasteiger partial charge in [0.05, 0.1) is 41.7 Å². The molecule has 0 amide bonds. The molecule has 11 nitrogen and oxygen atoms in total. The van der Waals surface area contributed by atoms with Gasteiger partial charge in [-0.2, -0.15) is 9.37 Å². The molecule has 0 aliphatic carbocycles. The first-order chi connectivity index (χ1) is 18.0. The molecule has 0 saturated carbocycles. The van der Waals surface area contributed by atoms with E-state index in [0.29, 0.717) is 29.2 Å². The molecule has 0 unspecified atom stereocenters. The van der Waals surface area contributed by atoms with E-state index in [1.807, 2.05) is 33.3 Å². The van der Waals surface area contributed by atoms with Gasteiger partial charge in [0.2, 0.25) is 17.8 Å². The fourth-order valence-electron chi connectivity index (χ4n) is 3.64. The standard InChI is InChI=1S/C26H36FN9O2/c1-8-9-28-18-13-19(22(38-7)14-21(18)36(6)11-10-35(4)5)32-24-30-16-31-25(34-24)33-20-15-29-23(27)12-17(20)26(2,3)37/h8,12-16,28,37H,1,9-11H2,2-7H3,(H2,30,31,32,33,34). The minimum Gasteiger partial charge on any atom is -0.494 e. The number of pyridine rings is 1. The summed E-state index contributed by atoms with van der Waals surface area (Å²) >= 11 is 0. The van der Waals surface area contributed by atoms with Crippen molar-refractivity contribution in [1.29, 1.82) is 0 Å². The number of rotatable bonds is 13. The summed E-state index contributed by atoms with van der Waals surface area (Å²) in [7, 11) is 7.70. The third-order valence-corrected chi connectivity index (χ3v) is 5.64. The highest BCUT2D eigenvalue weighted by atomic mass is 19.1. The number of aliphatic hydroxyl groups is 1. The number of anilines is 6. The molecule has 0 fully saturated rings. The highest BCUT2D eigenvalue weighted by Crippen LogP contribution is 2.38. The Bertz CT molecular complexity index is 1250. The van der Waals surface area contributed by atoms with Gasteiger partial charge in [0.1, 0.15) is 12.1 Å². The minimum atomic E-state index is -1.32. The van der Waals surface area contributed by atoms with Gasteiger partial charge in [-0.1, -0.05) is 6.08 Å². The fraction of sp³-hybridized carbons (Fsp3) is 0.385. The number of nitrogens with one attached hydrogen (secondary N) is 3. The van der Waals surface area contributed by atoms with Crippen LogP contribution in [0.2, 0.25) is 0 Å². The topological polar surface area (TPSA) is 124 Å². The van der Waals surface area contributed by atoms with Crippen LogP contribution in [0.25, 0.3) is 0 Å². The molecule has 38 heavy (non-hydrogen) atoms. The van der Waals surface area contributed by atoms with Crippen LogP contribution in [0.3, 0.4) is 0 Å². The fourth-order valence-corrected chi connectivity index (χ4v) is 3.64. The molecule has 1 aromatic carbocycles. The van der Waals surface area contributed by atoms with Crippen LogP contribution in [0.15, 0.2) is 43.4 Å². The summed E-state index contributed by atoms with van der Waals surface area (Å²) in [6, 6.07) is 5.04. The molecule has 2 heterocycles. The maximum atomic E-state index is 13.7. The van der Waals surface area contributed by atoms with Crippen LogP contribution in [-0.4, -0.2) is 77.8 Å². The quantitative estimate of drug-likeness (QED) is 0.193. The van der Waals surface area contributed by atoms with Crippen molar-refractivity contribution in [2.75, 3.05) is 68.7 Å². The maximum Gasteiger partial charge on any atom is 0.232 e. The van der Waals surface area contributed by atoms with Crippen LogP contribution >= 0.6 is 0 Å². The number of hydrogen-bond acceptors (Lipinski definition) is 11. The normalized spacial score (nSPS) is 11.3. The molecule has 12 heteroatoms. The van der Waals surface area contributed by atoms with Crippen LogP contribution < -0.4 is 25.6 Å². The average molecular weight is 526 g/mol. The highest BCUT2D eigenvalue weighted by molar-refractivity contribution is 5.80. The number of hydrogen-bond donors (Lipinski definition) is 4. The third kappa shape index (κ3) is 7.49. The monoisotopic (exact) mass is 525 g/mol. The summed E-state index contributed by atoms with van der Waals surface area (Å²) in [6.45, 7) is 9.20. The van der Waals surface area contributed by atoms with E-state index >= 15 is 0 Å². The van der Waals surface area contributed by atoms with Gasteiger partial charge in [-0.05, 0) is 34.0 Å². The lowest BCUT2D eigenvalue weighted by molar-refractivity contribution is 0.0788. The van der Waals surface area contributed by atoms with Crippen LogP contribution in [0.1, 0.15) is 19.4 Å². The summed E-state index contributed by atoms with van der Waals surface area (Å²) in [5.74, 6) is 0.340. The zero-order chi connectivity index (χ0) is 27.9. The second kappa shape index (κ2) is 12.5. The smallest absolute Gasteiger partial charge is 0.232 e. The Labute approximate surface area is 222 Å². The van der Waals surface area contributed by atoms with Crippen molar-refractivity contribution in [2.45, 2.75) is 19.4 Å². The molecule has 2 aromatic heterocycles. The van der Waals surface area contributed by atoms with Gasteiger partial charge >= 0.3 is 0 Å². The molecule has 204 valence electrons. The number of halogens is 1. The van der Waals surface area contributed by atoms with Gasteiger partial charge in [0.25, 0.3) is 0 Å². The van der Waals surface area contributed by atoms with E-state index in [9.17, 15) is 9.50 Å². The Morgan fingerprint density at radius 3 is 2.32 bits per heavy atom. The molecular formula is C26H36FN9O2. The molecule has 0 saturated heterocycles. The van der Waals surface area contributed by atoms with Gasteiger partial charge < -0.3 is 35.6 Å². The number of methoxy groups -OCH3 is 1. The predicted molar refractivity (Wildman–Crippen MR) is 149 cm³/mol. The molecular weight excluding hydrogens is 489 g/mol. The summed E-state index contributed by atoms with van der Waals surface area (Å²) in [5.41, 5.74) is 1.86. The number of likely N-dealkylation sites (N-methyl/N-ethyl adjacent to an activating group) is 2. The predicted octanol–water partition coefficient (Wildman–Crippen LogP) is 3.72. The van der Waals surface area contributed by atoms with E-state index in [1.54, 1.807) is 27.0 Å². The Morgan fingerprint density at radius 2 is 1.71 bits per heavy atom. The second-order valence-electron chi connectivity index (χ2n) is 9.46. The summed E-state index contributed by atoms with van der Waals surface area (Å²) < 4.78 is 19.4. The van der Waals surface area contributed by atoms with Gasteiger partial charge in [-0.25, -0.2) is 15.0 Å². The van der Waals surface area contributed by atoms with Gasteiger partial charge in [0, 0.05) is 44.4 Å². The number of nitrogens with zero attached hydrogens (tertiary/aromatic N) is 6. The van der Waals surface area contributed by atoms with Crippen molar-refractivity contribution >= 4 is 34.6 Å². The molecule has 3 rings (SSSR count). The van der Waals surface area contributed by atoms with Crippen LogP contribution in [0.5, 0.6) is 5.75 Å². The zero-order valence-corrected chi connectivity index (χ0v) is 22.7. The van der Waals surface area contributed by atoms with E-state index in [4.69, 9.17) is 4.74 Å². The first kappa shape index (κ1) is 28.5. The summed E-state index contributed by atoms with van der Waals surface area (Å²) in [5, 5.41) is 20.0.